The minimum absolute atomic E-state index is 0.0162. The molecule has 2 aromatic rings. The van der Waals surface area contributed by atoms with Crippen molar-refractivity contribution < 1.29 is 4.42 Å². The van der Waals surface area contributed by atoms with E-state index in [2.05, 4.69) is 0 Å². The van der Waals surface area contributed by atoms with Crippen molar-refractivity contribution in [3.05, 3.63) is 58.9 Å². The molecule has 0 aliphatic carbocycles. The molecule has 1 atom stereocenters. The summed E-state index contributed by atoms with van der Waals surface area (Å²) in [5, 5.41) is 0. The maximum absolute atomic E-state index is 11.2. The van der Waals surface area contributed by atoms with Crippen LogP contribution in [0.15, 0.2) is 52.0 Å². The quantitative estimate of drug-likeness (QED) is 0.724. The monoisotopic (exact) mass is 189 g/mol. The zero-order chi connectivity index (χ0) is 9.97. The van der Waals surface area contributed by atoms with Gasteiger partial charge in [-0.15, -0.1) is 0 Å². The highest BCUT2D eigenvalue weighted by molar-refractivity contribution is 5.18. The first-order valence-corrected chi connectivity index (χ1v) is 4.49. The summed E-state index contributed by atoms with van der Waals surface area (Å²) >= 11 is 0. The molecule has 0 radical (unpaired) electrons. The van der Waals surface area contributed by atoms with Crippen molar-refractivity contribution >= 4 is 0 Å². The average Bonchev–Trinajstić information content (AvgIpc) is 2.65. The first-order valence-electron chi connectivity index (χ1n) is 4.49. The Morgan fingerprint density at radius 1 is 1.29 bits per heavy atom. The van der Waals surface area contributed by atoms with Crippen molar-refractivity contribution in [3.8, 4) is 0 Å². The molecule has 0 spiro atoms. The molecule has 1 heterocycles. The van der Waals surface area contributed by atoms with E-state index in [1.165, 1.54) is 6.26 Å². The van der Waals surface area contributed by atoms with Crippen LogP contribution in [-0.4, -0.2) is 4.57 Å². The molecule has 3 heteroatoms. The number of rotatable bonds is 2. The third-order valence-electron chi connectivity index (χ3n) is 2.30. The van der Waals surface area contributed by atoms with Crippen LogP contribution in [0, 0.1) is 0 Å². The molecule has 1 aromatic heterocycles. The van der Waals surface area contributed by atoms with Gasteiger partial charge in [-0.05, 0) is 12.5 Å². The number of hydrogen-bond donors (Lipinski definition) is 0. The van der Waals surface area contributed by atoms with Gasteiger partial charge in [-0.25, -0.2) is 4.79 Å². The standard InChI is InChI=1S/C11H11NO2/c1-9(10-5-3-2-4-6-10)12-7-8-14-11(12)13/h2-9H,1H3. The SMILES string of the molecule is CC(c1ccccc1)n1ccoc1=O. The largest absolute Gasteiger partial charge is 0.419 e. The second kappa shape index (κ2) is 3.54. The maximum Gasteiger partial charge on any atom is 0.419 e. The lowest BCUT2D eigenvalue weighted by molar-refractivity contribution is 0.465. The molecule has 3 nitrogen and oxygen atoms in total. The normalized spacial score (nSPS) is 12.6. The van der Waals surface area contributed by atoms with E-state index in [0.29, 0.717) is 0 Å². The van der Waals surface area contributed by atoms with Gasteiger partial charge in [0, 0.05) is 6.20 Å². The van der Waals surface area contributed by atoms with Crippen molar-refractivity contribution in [1.82, 2.24) is 4.57 Å². The van der Waals surface area contributed by atoms with Gasteiger partial charge in [-0.2, -0.15) is 0 Å². The topological polar surface area (TPSA) is 35.1 Å². The van der Waals surface area contributed by atoms with Crippen molar-refractivity contribution in [1.29, 1.82) is 0 Å². The van der Waals surface area contributed by atoms with E-state index in [9.17, 15) is 4.79 Å². The molecule has 0 aliphatic rings. The number of benzene rings is 1. The van der Waals surface area contributed by atoms with Gasteiger partial charge in [0.25, 0.3) is 0 Å². The number of aromatic nitrogens is 1. The molecular weight excluding hydrogens is 178 g/mol. The van der Waals surface area contributed by atoms with Gasteiger partial charge in [0.2, 0.25) is 0 Å². The summed E-state index contributed by atoms with van der Waals surface area (Å²) in [5.41, 5.74) is 1.09. The number of nitrogens with zero attached hydrogens (tertiary/aromatic N) is 1. The Labute approximate surface area is 81.6 Å². The lowest BCUT2D eigenvalue weighted by Gasteiger charge is -2.10. The van der Waals surface area contributed by atoms with E-state index in [-0.39, 0.29) is 11.8 Å². The van der Waals surface area contributed by atoms with Crippen LogP contribution >= 0.6 is 0 Å². The summed E-state index contributed by atoms with van der Waals surface area (Å²) in [4.78, 5) is 11.2. The zero-order valence-electron chi connectivity index (χ0n) is 7.88. The van der Waals surface area contributed by atoms with E-state index < -0.39 is 0 Å². The van der Waals surface area contributed by atoms with Gasteiger partial charge in [0.1, 0.15) is 6.26 Å². The highest BCUT2D eigenvalue weighted by Gasteiger charge is 2.09. The Balaban J connectivity index is 2.39. The van der Waals surface area contributed by atoms with Crippen molar-refractivity contribution in [3.63, 3.8) is 0 Å². The summed E-state index contributed by atoms with van der Waals surface area (Å²) in [7, 11) is 0. The fourth-order valence-corrected chi connectivity index (χ4v) is 1.46. The molecule has 1 unspecified atom stereocenters. The molecule has 0 aliphatic heterocycles. The van der Waals surface area contributed by atoms with E-state index in [4.69, 9.17) is 4.42 Å². The third-order valence-corrected chi connectivity index (χ3v) is 2.30. The summed E-state index contributed by atoms with van der Waals surface area (Å²) in [6, 6.07) is 9.86. The van der Waals surface area contributed by atoms with Gasteiger partial charge >= 0.3 is 5.76 Å². The van der Waals surface area contributed by atoms with Crippen molar-refractivity contribution in [2.45, 2.75) is 13.0 Å². The molecule has 0 saturated carbocycles. The van der Waals surface area contributed by atoms with E-state index in [1.807, 2.05) is 37.3 Å². The fraction of sp³-hybridized carbons (Fsp3) is 0.182. The smallest absolute Gasteiger partial charge is 0.416 e. The Morgan fingerprint density at radius 2 is 2.00 bits per heavy atom. The van der Waals surface area contributed by atoms with Crippen LogP contribution in [0.25, 0.3) is 0 Å². The lowest BCUT2D eigenvalue weighted by Crippen LogP contribution is -2.18. The second-order valence-electron chi connectivity index (χ2n) is 3.16. The van der Waals surface area contributed by atoms with Crippen molar-refractivity contribution in [2.75, 3.05) is 0 Å². The van der Waals surface area contributed by atoms with Crippen LogP contribution in [0.3, 0.4) is 0 Å². The third kappa shape index (κ3) is 1.48. The summed E-state index contributed by atoms with van der Waals surface area (Å²) in [5.74, 6) is -0.318. The predicted molar refractivity (Wildman–Crippen MR) is 53.2 cm³/mol. The Morgan fingerprint density at radius 3 is 2.57 bits per heavy atom. The number of oxazole rings is 1. The summed E-state index contributed by atoms with van der Waals surface area (Å²) < 4.78 is 6.28. The van der Waals surface area contributed by atoms with Gasteiger partial charge < -0.3 is 4.42 Å². The summed E-state index contributed by atoms with van der Waals surface area (Å²) in [6.07, 6.45) is 3.06. The molecule has 0 amide bonds. The van der Waals surface area contributed by atoms with Crippen molar-refractivity contribution in [2.24, 2.45) is 0 Å². The average molecular weight is 189 g/mol. The molecule has 14 heavy (non-hydrogen) atoms. The Bertz CT molecular complexity index is 455. The van der Waals surface area contributed by atoms with Crippen LogP contribution in [0.5, 0.6) is 0 Å². The van der Waals surface area contributed by atoms with E-state index in [0.717, 1.165) is 5.56 Å². The van der Waals surface area contributed by atoms with Gasteiger partial charge in [0.15, 0.2) is 0 Å². The summed E-state index contributed by atoms with van der Waals surface area (Å²) in [6.45, 7) is 1.96. The minimum atomic E-state index is -0.318. The predicted octanol–water partition coefficient (Wildman–Crippen LogP) is 2.05. The van der Waals surface area contributed by atoms with Crippen LogP contribution in [0.2, 0.25) is 0 Å². The van der Waals surface area contributed by atoms with E-state index >= 15 is 0 Å². The molecule has 1 aromatic carbocycles. The zero-order valence-corrected chi connectivity index (χ0v) is 7.88. The Hall–Kier alpha value is -1.77. The maximum atomic E-state index is 11.2. The van der Waals surface area contributed by atoms with Crippen LogP contribution in [-0.2, 0) is 0 Å². The molecule has 0 bridgehead atoms. The molecule has 0 fully saturated rings. The van der Waals surface area contributed by atoms with E-state index in [1.54, 1.807) is 10.8 Å². The van der Waals surface area contributed by atoms with Gasteiger partial charge in [-0.1, -0.05) is 30.3 Å². The molecule has 0 N–H and O–H groups in total. The fourth-order valence-electron chi connectivity index (χ4n) is 1.46. The van der Waals surface area contributed by atoms with Gasteiger partial charge in [-0.3, -0.25) is 4.57 Å². The number of hydrogen-bond acceptors (Lipinski definition) is 2. The van der Waals surface area contributed by atoms with Crippen LogP contribution in [0.4, 0.5) is 0 Å². The van der Waals surface area contributed by atoms with Crippen LogP contribution in [0.1, 0.15) is 18.5 Å². The second-order valence-corrected chi connectivity index (χ2v) is 3.16. The molecular formula is C11H11NO2. The lowest BCUT2D eigenvalue weighted by atomic mass is 10.1. The molecule has 0 saturated heterocycles. The first kappa shape index (κ1) is 8.81. The minimum Gasteiger partial charge on any atom is -0.416 e. The van der Waals surface area contributed by atoms with Crippen LogP contribution < -0.4 is 5.76 Å². The van der Waals surface area contributed by atoms with Gasteiger partial charge in [0.05, 0.1) is 6.04 Å². The molecule has 72 valence electrons. The Kier molecular flexibility index (Phi) is 2.23. The first-order chi connectivity index (χ1) is 6.79. The molecule has 2 rings (SSSR count). The highest BCUT2D eigenvalue weighted by Crippen LogP contribution is 2.14. The highest BCUT2D eigenvalue weighted by atomic mass is 16.4.